The molecule has 1 aromatic rings. The number of anilines is 1. The first-order valence-electron chi connectivity index (χ1n) is 5.60. The third kappa shape index (κ3) is 3.94. The molecule has 0 saturated carbocycles. The molecule has 0 aliphatic heterocycles. The van der Waals surface area contributed by atoms with Crippen LogP contribution in [0.5, 0.6) is 0 Å². The minimum Gasteiger partial charge on any atom is -0.354 e. The lowest BCUT2D eigenvalue weighted by Gasteiger charge is -2.05. The van der Waals surface area contributed by atoms with Crippen molar-refractivity contribution in [3.63, 3.8) is 0 Å². The fraction of sp³-hybridized carbons (Fsp3) is 0.583. The maximum Gasteiger partial charge on any atom is 0.185 e. The van der Waals surface area contributed by atoms with E-state index in [4.69, 9.17) is 0 Å². The van der Waals surface area contributed by atoms with Gasteiger partial charge in [0.25, 0.3) is 0 Å². The topological polar surface area (TPSA) is 28.2 Å². The first kappa shape index (κ1) is 13.2. The number of aryl methyl sites for hydroxylation is 1. The SMILES string of the molecule is C/C=C/CCNCc1sc(N(C)C)nc1C. The highest BCUT2D eigenvalue weighted by Gasteiger charge is 2.07. The Balaban J connectivity index is 2.41. The monoisotopic (exact) mass is 239 g/mol. The van der Waals surface area contributed by atoms with Crippen LogP contribution in [0.2, 0.25) is 0 Å². The van der Waals surface area contributed by atoms with E-state index >= 15 is 0 Å². The van der Waals surface area contributed by atoms with Gasteiger partial charge in [0.1, 0.15) is 0 Å². The number of nitrogens with one attached hydrogen (secondary N) is 1. The van der Waals surface area contributed by atoms with E-state index in [1.54, 1.807) is 11.3 Å². The molecular formula is C12H21N3S. The van der Waals surface area contributed by atoms with Crippen LogP contribution in [0.1, 0.15) is 23.9 Å². The zero-order valence-corrected chi connectivity index (χ0v) is 11.4. The largest absolute Gasteiger partial charge is 0.354 e. The number of nitrogens with zero attached hydrogens (tertiary/aromatic N) is 2. The summed E-state index contributed by atoms with van der Waals surface area (Å²) in [7, 11) is 4.06. The molecule has 0 aliphatic carbocycles. The van der Waals surface area contributed by atoms with Crippen LogP contribution in [0.4, 0.5) is 5.13 Å². The first-order valence-corrected chi connectivity index (χ1v) is 6.42. The summed E-state index contributed by atoms with van der Waals surface area (Å²) in [5, 5.41) is 4.52. The Labute approximate surface area is 102 Å². The van der Waals surface area contributed by atoms with Gasteiger partial charge in [0.15, 0.2) is 5.13 Å². The van der Waals surface area contributed by atoms with E-state index < -0.39 is 0 Å². The predicted octanol–water partition coefficient (Wildman–Crippen LogP) is 2.57. The van der Waals surface area contributed by atoms with E-state index in [0.717, 1.165) is 30.3 Å². The lowest BCUT2D eigenvalue weighted by molar-refractivity contribution is 0.699. The lowest BCUT2D eigenvalue weighted by Crippen LogP contribution is -2.13. The summed E-state index contributed by atoms with van der Waals surface area (Å²) >= 11 is 1.77. The Hall–Kier alpha value is -0.870. The van der Waals surface area contributed by atoms with Crippen molar-refractivity contribution in [1.29, 1.82) is 0 Å². The molecule has 0 aliphatic rings. The minimum absolute atomic E-state index is 0.925. The first-order chi connectivity index (χ1) is 7.65. The average Bonchev–Trinajstić information content (AvgIpc) is 2.60. The van der Waals surface area contributed by atoms with Gasteiger partial charge in [0, 0.05) is 25.5 Å². The molecule has 0 unspecified atom stereocenters. The van der Waals surface area contributed by atoms with Gasteiger partial charge in [0.2, 0.25) is 0 Å². The van der Waals surface area contributed by atoms with Crippen LogP contribution in [0.15, 0.2) is 12.2 Å². The molecule has 1 N–H and O–H groups in total. The highest BCUT2D eigenvalue weighted by Crippen LogP contribution is 2.24. The molecule has 0 amide bonds. The van der Waals surface area contributed by atoms with Gasteiger partial charge in [-0.2, -0.15) is 0 Å². The van der Waals surface area contributed by atoms with Crippen LogP contribution in [0.25, 0.3) is 0 Å². The Morgan fingerprint density at radius 1 is 1.44 bits per heavy atom. The smallest absolute Gasteiger partial charge is 0.185 e. The van der Waals surface area contributed by atoms with Crippen LogP contribution in [0.3, 0.4) is 0 Å². The van der Waals surface area contributed by atoms with Crippen molar-refractivity contribution in [2.24, 2.45) is 0 Å². The molecule has 16 heavy (non-hydrogen) atoms. The van der Waals surface area contributed by atoms with Gasteiger partial charge in [-0.15, -0.1) is 11.3 Å². The van der Waals surface area contributed by atoms with Crippen LogP contribution in [-0.4, -0.2) is 25.6 Å². The molecule has 0 fully saturated rings. The second-order valence-corrected chi connectivity index (χ2v) is 5.00. The fourth-order valence-corrected chi connectivity index (χ4v) is 2.28. The molecule has 0 aromatic carbocycles. The molecule has 4 heteroatoms. The molecule has 1 heterocycles. The van der Waals surface area contributed by atoms with Crippen molar-refractivity contribution in [3.05, 3.63) is 22.7 Å². The van der Waals surface area contributed by atoms with Gasteiger partial charge in [-0.1, -0.05) is 12.2 Å². The van der Waals surface area contributed by atoms with Gasteiger partial charge in [-0.05, 0) is 26.8 Å². The summed E-state index contributed by atoms with van der Waals surface area (Å²) in [4.78, 5) is 7.91. The van der Waals surface area contributed by atoms with Crippen molar-refractivity contribution >= 4 is 16.5 Å². The standard InChI is InChI=1S/C12H21N3S/c1-5-6-7-8-13-9-11-10(2)14-12(16-11)15(3)4/h5-6,13H,7-9H2,1-4H3/b6-5+. The van der Waals surface area contributed by atoms with Gasteiger partial charge in [-0.3, -0.25) is 0 Å². The van der Waals surface area contributed by atoms with Crippen molar-refractivity contribution in [2.75, 3.05) is 25.5 Å². The van der Waals surface area contributed by atoms with E-state index in [1.807, 2.05) is 14.1 Å². The number of hydrogen-bond acceptors (Lipinski definition) is 4. The van der Waals surface area contributed by atoms with Gasteiger partial charge >= 0.3 is 0 Å². The number of rotatable bonds is 6. The van der Waals surface area contributed by atoms with E-state index in [2.05, 4.69) is 41.2 Å². The zero-order valence-electron chi connectivity index (χ0n) is 10.6. The van der Waals surface area contributed by atoms with Crippen LogP contribution in [0, 0.1) is 6.92 Å². The zero-order chi connectivity index (χ0) is 12.0. The maximum absolute atomic E-state index is 4.52. The highest BCUT2D eigenvalue weighted by molar-refractivity contribution is 7.15. The molecule has 1 rings (SSSR count). The summed E-state index contributed by atoms with van der Waals surface area (Å²) in [6.07, 6.45) is 5.36. The second kappa shape index (κ2) is 6.66. The van der Waals surface area contributed by atoms with Crippen LogP contribution < -0.4 is 10.2 Å². The van der Waals surface area contributed by atoms with Crippen molar-refractivity contribution < 1.29 is 0 Å². The van der Waals surface area contributed by atoms with Gasteiger partial charge in [-0.25, -0.2) is 4.98 Å². The second-order valence-electron chi connectivity index (χ2n) is 3.93. The normalized spacial score (nSPS) is 11.2. The van der Waals surface area contributed by atoms with Crippen molar-refractivity contribution in [2.45, 2.75) is 26.8 Å². The number of allylic oxidation sites excluding steroid dienone is 1. The molecule has 1 aromatic heterocycles. The molecule has 3 nitrogen and oxygen atoms in total. The number of aromatic nitrogens is 1. The Morgan fingerprint density at radius 3 is 2.75 bits per heavy atom. The van der Waals surface area contributed by atoms with Crippen LogP contribution >= 0.6 is 11.3 Å². The summed E-state index contributed by atoms with van der Waals surface area (Å²) in [5.41, 5.74) is 1.15. The van der Waals surface area contributed by atoms with Crippen molar-refractivity contribution in [1.82, 2.24) is 10.3 Å². The van der Waals surface area contributed by atoms with E-state index in [1.165, 1.54) is 4.88 Å². The quantitative estimate of drug-likeness (QED) is 0.611. The molecular weight excluding hydrogens is 218 g/mol. The Bertz CT molecular complexity index is 342. The summed E-state index contributed by atoms with van der Waals surface area (Å²) in [6.45, 7) is 6.08. The van der Waals surface area contributed by atoms with E-state index in [0.29, 0.717) is 0 Å². The van der Waals surface area contributed by atoms with E-state index in [9.17, 15) is 0 Å². The maximum atomic E-state index is 4.52. The molecule has 0 radical (unpaired) electrons. The molecule has 0 saturated heterocycles. The molecule has 0 atom stereocenters. The van der Waals surface area contributed by atoms with Gasteiger partial charge < -0.3 is 10.2 Å². The third-order valence-corrected chi connectivity index (χ3v) is 3.60. The lowest BCUT2D eigenvalue weighted by atomic mass is 10.3. The predicted molar refractivity (Wildman–Crippen MR) is 72.3 cm³/mol. The fourth-order valence-electron chi connectivity index (χ4n) is 1.32. The Morgan fingerprint density at radius 2 is 2.19 bits per heavy atom. The summed E-state index contributed by atoms with van der Waals surface area (Å²) in [6, 6.07) is 0. The van der Waals surface area contributed by atoms with Crippen molar-refractivity contribution in [3.8, 4) is 0 Å². The van der Waals surface area contributed by atoms with Crippen LogP contribution in [-0.2, 0) is 6.54 Å². The molecule has 0 bridgehead atoms. The third-order valence-electron chi connectivity index (χ3n) is 2.27. The minimum atomic E-state index is 0.925. The summed E-state index contributed by atoms with van der Waals surface area (Å²) in [5.74, 6) is 0. The Kier molecular flexibility index (Phi) is 5.49. The van der Waals surface area contributed by atoms with E-state index in [-0.39, 0.29) is 0 Å². The average molecular weight is 239 g/mol. The number of thiazole rings is 1. The highest BCUT2D eigenvalue weighted by atomic mass is 32.1. The number of hydrogen-bond donors (Lipinski definition) is 1. The summed E-state index contributed by atoms with van der Waals surface area (Å²) < 4.78 is 0. The molecule has 0 spiro atoms. The molecule has 90 valence electrons. The van der Waals surface area contributed by atoms with Gasteiger partial charge in [0.05, 0.1) is 5.69 Å².